The average Bonchev–Trinajstić information content (AvgIpc) is 2.31. The molecule has 3 nitrogen and oxygen atoms in total. The molecule has 1 aromatic rings. The first-order valence-electron chi connectivity index (χ1n) is 6.31. The van der Waals surface area contributed by atoms with Crippen molar-refractivity contribution in [3.8, 4) is 0 Å². The number of halogens is 1. The summed E-state index contributed by atoms with van der Waals surface area (Å²) in [5.41, 5.74) is 2.60. The van der Waals surface area contributed by atoms with E-state index in [0.29, 0.717) is 6.04 Å². The van der Waals surface area contributed by atoms with Crippen molar-refractivity contribution in [2.45, 2.75) is 26.4 Å². The van der Waals surface area contributed by atoms with Gasteiger partial charge in [-0.2, -0.15) is 0 Å². The number of ether oxygens (including phenoxy) is 1. The van der Waals surface area contributed by atoms with Crippen molar-refractivity contribution in [3.63, 3.8) is 0 Å². The molecule has 0 saturated heterocycles. The van der Waals surface area contributed by atoms with E-state index in [4.69, 9.17) is 4.74 Å². The third kappa shape index (κ3) is 6.50. The highest BCUT2D eigenvalue weighted by Gasteiger charge is 2.02. The minimum atomic E-state index is 0.446. The van der Waals surface area contributed by atoms with Crippen LogP contribution < -0.4 is 10.6 Å². The Labute approximate surface area is 118 Å². The van der Waals surface area contributed by atoms with Crippen LogP contribution in [0.1, 0.15) is 18.1 Å². The minimum Gasteiger partial charge on any atom is -0.383 e. The summed E-state index contributed by atoms with van der Waals surface area (Å²) in [5.74, 6) is 0. The largest absolute Gasteiger partial charge is 0.383 e. The predicted octanol–water partition coefficient (Wildman–Crippen LogP) is 2.47. The zero-order chi connectivity index (χ0) is 13.4. The molecule has 0 aromatic heterocycles. The van der Waals surface area contributed by atoms with Gasteiger partial charge in [0.15, 0.2) is 0 Å². The Morgan fingerprint density at radius 1 is 1.33 bits per heavy atom. The first-order chi connectivity index (χ1) is 8.61. The summed E-state index contributed by atoms with van der Waals surface area (Å²) in [5, 5.41) is 6.85. The molecule has 18 heavy (non-hydrogen) atoms. The number of hydrogen-bond donors (Lipinski definition) is 2. The molecule has 0 bridgehead atoms. The van der Waals surface area contributed by atoms with Gasteiger partial charge in [-0.1, -0.05) is 22.0 Å². The van der Waals surface area contributed by atoms with Gasteiger partial charge < -0.3 is 15.4 Å². The van der Waals surface area contributed by atoms with Gasteiger partial charge in [0, 0.05) is 37.3 Å². The van der Waals surface area contributed by atoms with Gasteiger partial charge in [-0.3, -0.25) is 0 Å². The summed E-state index contributed by atoms with van der Waals surface area (Å²) in [6.45, 7) is 7.81. The molecule has 2 N–H and O–H groups in total. The molecule has 1 atom stereocenters. The number of rotatable bonds is 8. The van der Waals surface area contributed by atoms with Gasteiger partial charge in [-0.25, -0.2) is 0 Å². The Morgan fingerprint density at radius 3 is 2.78 bits per heavy atom. The number of nitrogens with one attached hydrogen (secondary N) is 2. The first-order valence-corrected chi connectivity index (χ1v) is 7.10. The molecule has 0 amide bonds. The fraction of sp³-hybridized carbons (Fsp3) is 0.571. The summed E-state index contributed by atoms with van der Waals surface area (Å²) >= 11 is 3.53. The Kier molecular flexibility index (Phi) is 7.51. The van der Waals surface area contributed by atoms with Crippen molar-refractivity contribution < 1.29 is 4.74 Å². The van der Waals surface area contributed by atoms with Crippen LogP contribution in [0.25, 0.3) is 0 Å². The standard InChI is InChI=1S/C14H23BrN2O/c1-11-6-13(8-14(15)7-11)10-17-12(2)9-16-4-5-18-3/h6-8,12,16-17H,4-5,9-10H2,1-3H3. The smallest absolute Gasteiger partial charge is 0.0587 e. The fourth-order valence-electron chi connectivity index (χ4n) is 1.77. The Bertz CT molecular complexity index is 337. The number of benzene rings is 1. The molecular weight excluding hydrogens is 292 g/mol. The number of hydrogen-bond acceptors (Lipinski definition) is 3. The van der Waals surface area contributed by atoms with E-state index in [9.17, 15) is 0 Å². The van der Waals surface area contributed by atoms with E-state index in [1.807, 2.05) is 0 Å². The van der Waals surface area contributed by atoms with Gasteiger partial charge in [0.1, 0.15) is 0 Å². The molecule has 0 fully saturated rings. The van der Waals surface area contributed by atoms with E-state index < -0.39 is 0 Å². The van der Waals surface area contributed by atoms with Crippen LogP contribution in [-0.4, -0.2) is 32.8 Å². The molecular formula is C14H23BrN2O. The van der Waals surface area contributed by atoms with Crippen molar-refractivity contribution in [3.05, 3.63) is 33.8 Å². The van der Waals surface area contributed by atoms with Crippen LogP contribution in [0.5, 0.6) is 0 Å². The zero-order valence-corrected chi connectivity index (χ0v) is 13.0. The van der Waals surface area contributed by atoms with E-state index in [-0.39, 0.29) is 0 Å². The summed E-state index contributed by atoms with van der Waals surface area (Å²) in [4.78, 5) is 0. The molecule has 1 rings (SSSR count). The first kappa shape index (κ1) is 15.6. The van der Waals surface area contributed by atoms with E-state index in [1.54, 1.807) is 7.11 Å². The third-order valence-corrected chi connectivity index (χ3v) is 3.15. The summed E-state index contributed by atoms with van der Waals surface area (Å²) in [7, 11) is 1.72. The molecule has 1 aromatic carbocycles. The highest BCUT2D eigenvalue weighted by Crippen LogP contribution is 2.15. The van der Waals surface area contributed by atoms with Crippen molar-refractivity contribution >= 4 is 15.9 Å². The molecule has 0 saturated carbocycles. The van der Waals surface area contributed by atoms with Gasteiger partial charge in [-0.15, -0.1) is 0 Å². The fourth-order valence-corrected chi connectivity index (χ4v) is 2.43. The molecule has 0 radical (unpaired) electrons. The van der Waals surface area contributed by atoms with Crippen LogP contribution in [0, 0.1) is 6.92 Å². The molecule has 0 aliphatic carbocycles. The second-order valence-corrected chi connectivity index (χ2v) is 5.53. The van der Waals surface area contributed by atoms with Crippen molar-refractivity contribution in [1.82, 2.24) is 10.6 Å². The van der Waals surface area contributed by atoms with Crippen LogP contribution in [0.3, 0.4) is 0 Å². The van der Waals surface area contributed by atoms with Crippen molar-refractivity contribution in [2.75, 3.05) is 26.8 Å². The lowest BCUT2D eigenvalue weighted by molar-refractivity contribution is 0.198. The quantitative estimate of drug-likeness (QED) is 0.723. The van der Waals surface area contributed by atoms with E-state index >= 15 is 0 Å². The molecule has 1 unspecified atom stereocenters. The van der Waals surface area contributed by atoms with E-state index in [1.165, 1.54) is 11.1 Å². The van der Waals surface area contributed by atoms with Crippen molar-refractivity contribution in [2.24, 2.45) is 0 Å². The Hall–Kier alpha value is -0.420. The van der Waals surface area contributed by atoms with Gasteiger partial charge in [0.2, 0.25) is 0 Å². The second kappa shape index (κ2) is 8.64. The van der Waals surface area contributed by atoms with E-state index in [0.717, 1.165) is 30.7 Å². The number of aryl methyl sites for hydroxylation is 1. The molecule has 4 heteroatoms. The number of methoxy groups -OCH3 is 1. The maximum absolute atomic E-state index is 4.99. The lowest BCUT2D eigenvalue weighted by atomic mass is 10.1. The van der Waals surface area contributed by atoms with Gasteiger partial charge in [0.05, 0.1) is 6.61 Å². The monoisotopic (exact) mass is 314 g/mol. The normalized spacial score (nSPS) is 12.7. The van der Waals surface area contributed by atoms with Crippen LogP contribution in [0.2, 0.25) is 0 Å². The maximum Gasteiger partial charge on any atom is 0.0587 e. The third-order valence-electron chi connectivity index (χ3n) is 2.69. The van der Waals surface area contributed by atoms with Crippen LogP contribution >= 0.6 is 15.9 Å². The van der Waals surface area contributed by atoms with Crippen LogP contribution in [0.15, 0.2) is 22.7 Å². The van der Waals surface area contributed by atoms with Crippen LogP contribution in [-0.2, 0) is 11.3 Å². The van der Waals surface area contributed by atoms with E-state index in [2.05, 4.69) is 58.6 Å². The lowest BCUT2D eigenvalue weighted by Gasteiger charge is -2.15. The highest BCUT2D eigenvalue weighted by molar-refractivity contribution is 9.10. The lowest BCUT2D eigenvalue weighted by Crippen LogP contribution is -2.37. The summed E-state index contributed by atoms with van der Waals surface area (Å²) < 4.78 is 6.13. The van der Waals surface area contributed by atoms with Crippen LogP contribution in [0.4, 0.5) is 0 Å². The predicted molar refractivity (Wildman–Crippen MR) is 79.9 cm³/mol. The second-order valence-electron chi connectivity index (χ2n) is 4.62. The minimum absolute atomic E-state index is 0.446. The van der Waals surface area contributed by atoms with Gasteiger partial charge in [-0.05, 0) is 37.1 Å². The molecule has 0 spiro atoms. The molecule has 0 heterocycles. The average molecular weight is 315 g/mol. The topological polar surface area (TPSA) is 33.3 Å². The molecule has 102 valence electrons. The SMILES string of the molecule is COCCNCC(C)NCc1cc(C)cc(Br)c1. The highest BCUT2D eigenvalue weighted by atomic mass is 79.9. The molecule has 0 aliphatic rings. The molecule has 0 aliphatic heterocycles. The Morgan fingerprint density at radius 2 is 2.11 bits per heavy atom. The van der Waals surface area contributed by atoms with Gasteiger partial charge >= 0.3 is 0 Å². The Balaban J connectivity index is 2.26. The summed E-state index contributed by atoms with van der Waals surface area (Å²) in [6.07, 6.45) is 0. The maximum atomic E-state index is 4.99. The summed E-state index contributed by atoms with van der Waals surface area (Å²) in [6, 6.07) is 6.94. The van der Waals surface area contributed by atoms with Gasteiger partial charge in [0.25, 0.3) is 0 Å². The zero-order valence-electron chi connectivity index (χ0n) is 11.4. The van der Waals surface area contributed by atoms with Crippen molar-refractivity contribution in [1.29, 1.82) is 0 Å².